The third-order valence-electron chi connectivity index (χ3n) is 3.60. The summed E-state index contributed by atoms with van der Waals surface area (Å²) in [6.45, 7) is 4.09. The van der Waals surface area contributed by atoms with Crippen LogP contribution in [0.15, 0.2) is 23.2 Å². The highest BCUT2D eigenvalue weighted by Gasteiger charge is 2.14. The number of sulfone groups is 1. The van der Waals surface area contributed by atoms with E-state index >= 15 is 0 Å². The van der Waals surface area contributed by atoms with Gasteiger partial charge >= 0.3 is 0 Å². The van der Waals surface area contributed by atoms with Crippen LogP contribution in [-0.4, -0.2) is 46.0 Å². The fourth-order valence-corrected chi connectivity index (χ4v) is 2.93. The number of hydrogen-bond donors (Lipinski definition) is 2. The van der Waals surface area contributed by atoms with E-state index in [2.05, 4.69) is 15.6 Å². The summed E-state index contributed by atoms with van der Waals surface area (Å²) in [5.74, 6) is -0.766. The van der Waals surface area contributed by atoms with Crippen molar-refractivity contribution in [2.24, 2.45) is 4.99 Å². The average Bonchev–Trinajstić information content (AvgIpc) is 2.48. The van der Waals surface area contributed by atoms with Crippen LogP contribution in [0.25, 0.3) is 0 Å². The van der Waals surface area contributed by atoms with Gasteiger partial charge in [0.2, 0.25) is 0 Å². The second kappa shape index (κ2) is 10.9. The minimum atomic E-state index is -3.00. The van der Waals surface area contributed by atoms with Crippen LogP contribution >= 0.6 is 24.0 Å². The lowest BCUT2D eigenvalue weighted by Gasteiger charge is -2.20. The summed E-state index contributed by atoms with van der Waals surface area (Å²) in [5.41, 5.74) is 0.421. The molecule has 2 atom stereocenters. The molecule has 0 aromatic heterocycles. The van der Waals surface area contributed by atoms with E-state index in [9.17, 15) is 17.2 Å². The van der Waals surface area contributed by atoms with E-state index in [1.54, 1.807) is 7.05 Å². The van der Waals surface area contributed by atoms with Crippen molar-refractivity contribution in [3.05, 3.63) is 35.4 Å². The molecule has 1 aromatic rings. The molecule has 0 fully saturated rings. The first-order chi connectivity index (χ1) is 11.1. The van der Waals surface area contributed by atoms with E-state index in [-0.39, 0.29) is 41.7 Å². The molecule has 0 saturated heterocycles. The molecule has 0 aliphatic rings. The predicted octanol–water partition coefficient (Wildman–Crippen LogP) is 2.67. The first-order valence-electron chi connectivity index (χ1n) is 7.72. The standard InChI is InChI=1S/C16H25F2N3O2S.HI/c1-11(14-6-5-13(17)9-15(14)18)10-20-16(19-3)21-12(2)7-8-24(4,22)23;/h5-6,9,11-12H,7-8,10H2,1-4H3,(H2,19,20,21);1H. The van der Waals surface area contributed by atoms with E-state index in [0.717, 1.165) is 6.07 Å². The van der Waals surface area contributed by atoms with Crippen LogP contribution in [0.3, 0.4) is 0 Å². The van der Waals surface area contributed by atoms with Crippen molar-refractivity contribution in [1.29, 1.82) is 0 Å². The van der Waals surface area contributed by atoms with Gasteiger partial charge in [-0.3, -0.25) is 4.99 Å². The van der Waals surface area contributed by atoms with Crippen molar-refractivity contribution in [3.63, 3.8) is 0 Å². The number of nitrogens with one attached hydrogen (secondary N) is 2. The summed E-state index contributed by atoms with van der Waals surface area (Å²) in [4.78, 5) is 4.07. The molecule has 2 N–H and O–H groups in total. The van der Waals surface area contributed by atoms with E-state index in [1.165, 1.54) is 18.4 Å². The van der Waals surface area contributed by atoms with Crippen LogP contribution in [0.1, 0.15) is 31.7 Å². The summed E-state index contributed by atoms with van der Waals surface area (Å²) < 4.78 is 49.1. The number of nitrogens with zero attached hydrogens (tertiary/aromatic N) is 1. The molecule has 25 heavy (non-hydrogen) atoms. The van der Waals surface area contributed by atoms with Crippen molar-refractivity contribution < 1.29 is 17.2 Å². The van der Waals surface area contributed by atoms with Gasteiger partial charge in [0.25, 0.3) is 0 Å². The Morgan fingerprint density at radius 3 is 2.44 bits per heavy atom. The molecular weight excluding hydrogens is 463 g/mol. The van der Waals surface area contributed by atoms with Gasteiger partial charge in [-0.05, 0) is 25.0 Å². The molecule has 1 rings (SSSR count). The lowest BCUT2D eigenvalue weighted by molar-refractivity contribution is 0.553. The number of guanidine groups is 1. The van der Waals surface area contributed by atoms with Crippen LogP contribution in [-0.2, 0) is 9.84 Å². The third-order valence-corrected chi connectivity index (χ3v) is 4.57. The molecule has 0 aliphatic heterocycles. The van der Waals surface area contributed by atoms with Crippen LogP contribution in [0.2, 0.25) is 0 Å². The van der Waals surface area contributed by atoms with Gasteiger partial charge in [-0.15, -0.1) is 24.0 Å². The van der Waals surface area contributed by atoms with E-state index in [1.807, 2.05) is 13.8 Å². The van der Waals surface area contributed by atoms with E-state index in [4.69, 9.17) is 0 Å². The maximum absolute atomic E-state index is 13.8. The first kappa shape index (κ1) is 24.0. The largest absolute Gasteiger partial charge is 0.356 e. The second-order valence-corrected chi connectivity index (χ2v) is 8.24. The van der Waals surface area contributed by atoms with Crippen LogP contribution in [0.5, 0.6) is 0 Å². The Balaban J connectivity index is 0.00000576. The third kappa shape index (κ3) is 9.34. The highest BCUT2D eigenvalue weighted by Crippen LogP contribution is 2.19. The van der Waals surface area contributed by atoms with Gasteiger partial charge in [0.15, 0.2) is 5.96 Å². The Morgan fingerprint density at radius 1 is 1.28 bits per heavy atom. The van der Waals surface area contributed by atoms with Crippen molar-refractivity contribution in [3.8, 4) is 0 Å². The lowest BCUT2D eigenvalue weighted by atomic mass is 10.0. The van der Waals surface area contributed by atoms with Crippen LogP contribution in [0.4, 0.5) is 8.78 Å². The minimum absolute atomic E-state index is 0. The number of rotatable bonds is 7. The summed E-state index contributed by atoms with van der Waals surface area (Å²) in [5, 5.41) is 6.16. The summed E-state index contributed by atoms with van der Waals surface area (Å²) >= 11 is 0. The van der Waals surface area contributed by atoms with Crippen molar-refractivity contribution in [1.82, 2.24) is 10.6 Å². The molecule has 5 nitrogen and oxygen atoms in total. The van der Waals surface area contributed by atoms with Crippen LogP contribution < -0.4 is 10.6 Å². The molecule has 2 unspecified atom stereocenters. The van der Waals surface area contributed by atoms with Crippen LogP contribution in [0, 0.1) is 11.6 Å². The zero-order valence-electron chi connectivity index (χ0n) is 14.8. The zero-order valence-corrected chi connectivity index (χ0v) is 18.0. The van der Waals surface area contributed by atoms with Crippen molar-refractivity contribution in [2.75, 3.05) is 25.6 Å². The monoisotopic (exact) mass is 489 g/mol. The maximum atomic E-state index is 13.8. The quantitative estimate of drug-likeness (QED) is 0.351. The molecule has 0 heterocycles. The molecule has 0 amide bonds. The van der Waals surface area contributed by atoms with Gasteiger partial charge in [-0.25, -0.2) is 17.2 Å². The smallest absolute Gasteiger partial charge is 0.191 e. The molecule has 0 radical (unpaired) electrons. The number of hydrogen-bond acceptors (Lipinski definition) is 3. The second-order valence-electron chi connectivity index (χ2n) is 5.98. The fourth-order valence-electron chi connectivity index (χ4n) is 2.15. The highest BCUT2D eigenvalue weighted by molar-refractivity contribution is 14.0. The minimum Gasteiger partial charge on any atom is -0.356 e. The number of benzene rings is 1. The molecule has 0 spiro atoms. The van der Waals surface area contributed by atoms with E-state index < -0.39 is 21.5 Å². The summed E-state index contributed by atoms with van der Waals surface area (Å²) in [6, 6.07) is 3.45. The van der Waals surface area contributed by atoms with Gasteiger partial charge in [-0.2, -0.15) is 0 Å². The van der Waals surface area contributed by atoms with Gasteiger partial charge < -0.3 is 10.6 Å². The molecule has 9 heteroatoms. The predicted molar refractivity (Wildman–Crippen MR) is 108 cm³/mol. The number of halogens is 3. The van der Waals surface area contributed by atoms with Crippen molar-refractivity contribution in [2.45, 2.75) is 32.2 Å². The highest BCUT2D eigenvalue weighted by atomic mass is 127. The molecule has 0 aliphatic carbocycles. The molecule has 0 bridgehead atoms. The molecule has 0 saturated carbocycles. The molecular formula is C16H26F2IN3O2S. The number of aliphatic imine (C=N–C) groups is 1. The molecule has 144 valence electrons. The Morgan fingerprint density at radius 2 is 1.92 bits per heavy atom. The van der Waals surface area contributed by atoms with Crippen molar-refractivity contribution >= 4 is 39.8 Å². The lowest BCUT2D eigenvalue weighted by Crippen LogP contribution is -2.43. The normalized spacial score (nSPS) is 14.4. The Bertz CT molecular complexity index is 684. The Hall–Kier alpha value is -0.970. The Labute approximate surface area is 165 Å². The zero-order chi connectivity index (χ0) is 18.3. The fraction of sp³-hybridized carbons (Fsp3) is 0.562. The summed E-state index contributed by atoms with van der Waals surface area (Å²) in [7, 11) is -1.41. The van der Waals surface area contributed by atoms with Gasteiger partial charge in [0.1, 0.15) is 21.5 Å². The molecule has 1 aromatic carbocycles. The Kier molecular flexibility index (Phi) is 10.5. The first-order valence-corrected chi connectivity index (χ1v) is 9.78. The topological polar surface area (TPSA) is 70.6 Å². The van der Waals surface area contributed by atoms with Gasteiger partial charge in [0, 0.05) is 37.9 Å². The SMILES string of the molecule is CN=C(NCC(C)c1ccc(F)cc1F)NC(C)CCS(C)(=O)=O.I. The van der Waals surface area contributed by atoms with Gasteiger partial charge in [-0.1, -0.05) is 13.0 Å². The average molecular weight is 489 g/mol. The van der Waals surface area contributed by atoms with Gasteiger partial charge in [0.05, 0.1) is 5.75 Å². The summed E-state index contributed by atoms with van der Waals surface area (Å²) in [6.07, 6.45) is 1.66. The maximum Gasteiger partial charge on any atom is 0.191 e. The van der Waals surface area contributed by atoms with E-state index in [0.29, 0.717) is 24.5 Å².